The van der Waals surface area contributed by atoms with Crippen molar-refractivity contribution >= 4 is 5.91 Å². The molecule has 1 fully saturated rings. The van der Waals surface area contributed by atoms with Crippen molar-refractivity contribution < 1.29 is 9.90 Å². The number of aliphatic hydroxyl groups excluding tert-OH is 1. The molecule has 1 amide bonds. The minimum absolute atomic E-state index is 0.0759. The summed E-state index contributed by atoms with van der Waals surface area (Å²) in [5, 5.41) is 12.4. The Balaban J connectivity index is 2.44. The lowest BCUT2D eigenvalue weighted by molar-refractivity contribution is -0.118. The van der Waals surface area contributed by atoms with E-state index in [1.54, 1.807) is 0 Å². The first-order valence-corrected chi connectivity index (χ1v) is 4.85. The molecule has 0 bridgehead atoms. The zero-order valence-electron chi connectivity index (χ0n) is 7.83. The Labute approximate surface area is 78.8 Å². The van der Waals surface area contributed by atoms with Crippen LogP contribution in [0.25, 0.3) is 0 Å². The van der Waals surface area contributed by atoms with E-state index in [-0.39, 0.29) is 18.1 Å². The fourth-order valence-electron chi connectivity index (χ4n) is 1.70. The second-order valence-corrected chi connectivity index (χ2v) is 3.52. The first kappa shape index (κ1) is 10.3. The molecule has 74 valence electrons. The lowest BCUT2D eigenvalue weighted by atomic mass is 10.1. The Morgan fingerprint density at radius 2 is 2.08 bits per heavy atom. The zero-order chi connectivity index (χ0) is 9.68. The highest BCUT2D eigenvalue weighted by Crippen LogP contribution is 2.17. The summed E-state index contributed by atoms with van der Waals surface area (Å²) >= 11 is 0. The molecular formula is C10H17NO2. The Kier molecular flexibility index (Phi) is 3.96. The number of carbonyl (C=O) groups is 1. The maximum absolute atomic E-state index is 11.0. The summed E-state index contributed by atoms with van der Waals surface area (Å²) in [6.45, 7) is 3.38. The number of amides is 1. The van der Waals surface area contributed by atoms with Gasteiger partial charge in [-0.2, -0.15) is 0 Å². The smallest absolute Gasteiger partial charge is 0.243 e. The molecule has 0 aromatic heterocycles. The van der Waals surface area contributed by atoms with Gasteiger partial charge in [-0.3, -0.25) is 4.79 Å². The molecule has 2 atom stereocenters. The van der Waals surface area contributed by atoms with E-state index in [4.69, 9.17) is 0 Å². The molecule has 1 aliphatic rings. The zero-order valence-corrected chi connectivity index (χ0v) is 7.83. The van der Waals surface area contributed by atoms with E-state index in [2.05, 4.69) is 11.9 Å². The van der Waals surface area contributed by atoms with Crippen LogP contribution in [0.15, 0.2) is 12.7 Å². The normalized spacial score (nSPS) is 29.0. The van der Waals surface area contributed by atoms with Gasteiger partial charge in [0, 0.05) is 0 Å². The van der Waals surface area contributed by atoms with E-state index < -0.39 is 0 Å². The van der Waals surface area contributed by atoms with Gasteiger partial charge in [-0.1, -0.05) is 25.8 Å². The van der Waals surface area contributed by atoms with Crippen molar-refractivity contribution in [3.8, 4) is 0 Å². The minimum atomic E-state index is -0.383. The second kappa shape index (κ2) is 5.02. The summed E-state index contributed by atoms with van der Waals surface area (Å²) < 4.78 is 0. The Bertz CT molecular complexity index is 191. The van der Waals surface area contributed by atoms with Crippen molar-refractivity contribution in [3.05, 3.63) is 12.7 Å². The quantitative estimate of drug-likeness (QED) is 0.495. The molecule has 3 heteroatoms. The third-order valence-electron chi connectivity index (χ3n) is 2.49. The van der Waals surface area contributed by atoms with Gasteiger partial charge < -0.3 is 10.4 Å². The largest absolute Gasteiger partial charge is 0.391 e. The van der Waals surface area contributed by atoms with Crippen LogP contribution in [-0.2, 0) is 4.79 Å². The van der Waals surface area contributed by atoms with E-state index in [1.165, 1.54) is 6.08 Å². The van der Waals surface area contributed by atoms with Crippen LogP contribution in [0.4, 0.5) is 0 Å². The van der Waals surface area contributed by atoms with Crippen LogP contribution in [0.1, 0.15) is 32.1 Å². The van der Waals surface area contributed by atoms with Crippen molar-refractivity contribution in [2.45, 2.75) is 44.2 Å². The highest BCUT2D eigenvalue weighted by atomic mass is 16.3. The van der Waals surface area contributed by atoms with Crippen LogP contribution in [-0.4, -0.2) is 23.2 Å². The van der Waals surface area contributed by atoms with Gasteiger partial charge in [-0.05, 0) is 18.9 Å². The van der Waals surface area contributed by atoms with Gasteiger partial charge >= 0.3 is 0 Å². The molecule has 13 heavy (non-hydrogen) atoms. The predicted molar refractivity (Wildman–Crippen MR) is 51.2 cm³/mol. The van der Waals surface area contributed by atoms with Crippen molar-refractivity contribution in [2.75, 3.05) is 0 Å². The number of hydrogen-bond donors (Lipinski definition) is 2. The molecule has 0 saturated heterocycles. The summed E-state index contributed by atoms with van der Waals surface area (Å²) in [4.78, 5) is 11.0. The molecule has 0 aliphatic heterocycles. The highest BCUT2D eigenvalue weighted by Gasteiger charge is 2.21. The minimum Gasteiger partial charge on any atom is -0.391 e. The third kappa shape index (κ3) is 3.19. The van der Waals surface area contributed by atoms with E-state index in [1.807, 2.05) is 0 Å². The van der Waals surface area contributed by atoms with Gasteiger partial charge in [-0.25, -0.2) is 0 Å². The highest BCUT2D eigenvalue weighted by molar-refractivity contribution is 5.87. The molecule has 0 heterocycles. The SMILES string of the molecule is C=CC(=O)NC1CCCCCC1O. The van der Waals surface area contributed by atoms with Gasteiger partial charge in [0.2, 0.25) is 5.91 Å². The Hall–Kier alpha value is -0.830. The molecule has 1 saturated carbocycles. The van der Waals surface area contributed by atoms with Crippen LogP contribution in [0.2, 0.25) is 0 Å². The van der Waals surface area contributed by atoms with Crippen LogP contribution < -0.4 is 5.32 Å². The maximum atomic E-state index is 11.0. The third-order valence-corrected chi connectivity index (χ3v) is 2.49. The van der Waals surface area contributed by atoms with Crippen LogP contribution in [0.5, 0.6) is 0 Å². The lowest BCUT2D eigenvalue weighted by Gasteiger charge is -2.20. The van der Waals surface area contributed by atoms with Crippen molar-refractivity contribution in [1.29, 1.82) is 0 Å². The molecule has 3 nitrogen and oxygen atoms in total. The molecule has 2 unspecified atom stereocenters. The molecule has 1 aliphatic carbocycles. The average Bonchev–Trinajstić information content (AvgIpc) is 2.32. The monoisotopic (exact) mass is 183 g/mol. The summed E-state index contributed by atoms with van der Waals surface area (Å²) in [6, 6.07) is -0.0759. The lowest BCUT2D eigenvalue weighted by Crippen LogP contribution is -2.41. The van der Waals surface area contributed by atoms with Gasteiger partial charge in [-0.15, -0.1) is 0 Å². The number of hydrogen-bond acceptors (Lipinski definition) is 2. The van der Waals surface area contributed by atoms with E-state index in [0.29, 0.717) is 0 Å². The average molecular weight is 183 g/mol. The van der Waals surface area contributed by atoms with Crippen molar-refractivity contribution in [3.63, 3.8) is 0 Å². The fourth-order valence-corrected chi connectivity index (χ4v) is 1.70. The van der Waals surface area contributed by atoms with E-state index in [9.17, 15) is 9.90 Å². The topological polar surface area (TPSA) is 49.3 Å². The fraction of sp³-hybridized carbons (Fsp3) is 0.700. The second-order valence-electron chi connectivity index (χ2n) is 3.52. The van der Waals surface area contributed by atoms with Gasteiger partial charge in [0.05, 0.1) is 12.1 Å². The maximum Gasteiger partial charge on any atom is 0.243 e. The molecular weight excluding hydrogens is 166 g/mol. The first-order chi connectivity index (χ1) is 6.24. The van der Waals surface area contributed by atoms with Crippen molar-refractivity contribution in [2.24, 2.45) is 0 Å². The van der Waals surface area contributed by atoms with Gasteiger partial charge in [0.25, 0.3) is 0 Å². The molecule has 0 spiro atoms. The summed E-state index contributed by atoms with van der Waals surface area (Å²) in [7, 11) is 0. The van der Waals surface area contributed by atoms with E-state index in [0.717, 1.165) is 32.1 Å². The van der Waals surface area contributed by atoms with Crippen LogP contribution in [0.3, 0.4) is 0 Å². The summed E-state index contributed by atoms with van der Waals surface area (Å²) in [6.07, 6.45) is 5.82. The van der Waals surface area contributed by atoms with Crippen LogP contribution in [0, 0.1) is 0 Å². The Morgan fingerprint density at radius 1 is 1.38 bits per heavy atom. The van der Waals surface area contributed by atoms with Crippen molar-refractivity contribution in [1.82, 2.24) is 5.32 Å². The molecule has 1 rings (SSSR count). The molecule has 0 aromatic rings. The molecule has 0 radical (unpaired) electrons. The summed E-state index contributed by atoms with van der Waals surface area (Å²) in [5.74, 6) is -0.189. The van der Waals surface area contributed by atoms with Gasteiger partial charge in [0.1, 0.15) is 0 Å². The molecule has 0 aromatic carbocycles. The van der Waals surface area contributed by atoms with Crippen LogP contribution >= 0.6 is 0 Å². The Morgan fingerprint density at radius 3 is 2.77 bits per heavy atom. The number of carbonyl (C=O) groups excluding carboxylic acids is 1. The number of aliphatic hydroxyl groups is 1. The first-order valence-electron chi connectivity index (χ1n) is 4.85. The number of nitrogens with one attached hydrogen (secondary N) is 1. The van der Waals surface area contributed by atoms with Gasteiger partial charge in [0.15, 0.2) is 0 Å². The van der Waals surface area contributed by atoms with E-state index >= 15 is 0 Å². The summed E-state index contributed by atoms with van der Waals surface area (Å²) in [5.41, 5.74) is 0. The molecule has 2 N–H and O–H groups in total. The number of rotatable bonds is 2. The standard InChI is InChI=1S/C10H17NO2/c1-2-10(13)11-8-6-4-3-5-7-9(8)12/h2,8-9,12H,1,3-7H2,(H,11,13). The predicted octanol–water partition coefficient (Wildman–Crippen LogP) is 0.982.